The van der Waals surface area contributed by atoms with Gasteiger partial charge in [0.1, 0.15) is 6.10 Å². The number of halogens is 1. The van der Waals surface area contributed by atoms with Crippen LogP contribution in [0.25, 0.3) is 0 Å². The minimum atomic E-state index is -0.472. The molecule has 0 spiro atoms. The van der Waals surface area contributed by atoms with Crippen LogP contribution in [-0.2, 0) is 4.74 Å². The molecule has 0 aliphatic heterocycles. The van der Waals surface area contributed by atoms with Crippen molar-refractivity contribution in [3.05, 3.63) is 19.9 Å². The number of methoxy groups -OCH3 is 1. The van der Waals surface area contributed by atoms with Crippen LogP contribution in [0.15, 0.2) is 11.4 Å². The summed E-state index contributed by atoms with van der Waals surface area (Å²) in [5.41, 5.74) is 0.946. The fraction of sp³-hybridized carbons (Fsp3) is 0.429. The maximum absolute atomic E-state index is 9.41. The number of thiophene rings is 1. The lowest BCUT2D eigenvalue weighted by molar-refractivity contribution is 0.0646. The van der Waals surface area contributed by atoms with Gasteiger partial charge < -0.3 is 9.84 Å². The molecule has 11 heavy (non-hydrogen) atoms. The number of hydrogen-bond donors (Lipinski definition) is 1. The first-order valence-electron chi connectivity index (χ1n) is 3.15. The van der Waals surface area contributed by atoms with Crippen molar-refractivity contribution in [1.29, 1.82) is 0 Å². The van der Waals surface area contributed by atoms with E-state index in [4.69, 9.17) is 4.74 Å². The van der Waals surface area contributed by atoms with Crippen molar-refractivity contribution in [3.63, 3.8) is 0 Å². The molecule has 1 heterocycles. The van der Waals surface area contributed by atoms with Crippen LogP contribution in [0.3, 0.4) is 0 Å². The smallest absolute Gasteiger partial charge is 0.103 e. The van der Waals surface area contributed by atoms with E-state index in [1.165, 1.54) is 2.88 Å². The Hall–Kier alpha value is 0.350. The molecule has 0 aliphatic carbocycles. The summed E-state index contributed by atoms with van der Waals surface area (Å²) in [7, 11) is 1.58. The summed E-state index contributed by atoms with van der Waals surface area (Å²) in [6.45, 7) is 0.368. The Kier molecular flexibility index (Phi) is 3.77. The van der Waals surface area contributed by atoms with Crippen LogP contribution >= 0.6 is 33.9 Å². The van der Waals surface area contributed by atoms with Gasteiger partial charge in [0, 0.05) is 7.11 Å². The Morgan fingerprint density at radius 3 is 3.00 bits per heavy atom. The predicted molar refractivity (Wildman–Crippen MR) is 53.9 cm³/mol. The van der Waals surface area contributed by atoms with E-state index in [1.807, 2.05) is 11.4 Å². The van der Waals surface area contributed by atoms with Gasteiger partial charge in [0.15, 0.2) is 0 Å². The molecule has 0 aliphatic rings. The monoisotopic (exact) mass is 284 g/mol. The third kappa shape index (κ3) is 2.70. The Labute approximate surface area is 83.3 Å². The Balaban J connectivity index is 2.60. The van der Waals surface area contributed by atoms with E-state index in [1.54, 1.807) is 18.4 Å². The van der Waals surface area contributed by atoms with Crippen LogP contribution < -0.4 is 0 Å². The standard InChI is InChI=1S/C7H9IO2S/c1-10-3-6(9)5-2-7(8)11-4-5/h2,4,6,9H,3H2,1H3. The van der Waals surface area contributed by atoms with Crippen molar-refractivity contribution in [2.75, 3.05) is 13.7 Å². The zero-order valence-corrected chi connectivity index (χ0v) is 9.05. The topological polar surface area (TPSA) is 29.5 Å². The first kappa shape index (κ1) is 9.44. The van der Waals surface area contributed by atoms with Crippen molar-refractivity contribution in [2.45, 2.75) is 6.10 Å². The molecule has 1 atom stereocenters. The van der Waals surface area contributed by atoms with Gasteiger partial charge in [0.25, 0.3) is 0 Å². The highest BCUT2D eigenvalue weighted by Gasteiger charge is 2.07. The van der Waals surface area contributed by atoms with E-state index >= 15 is 0 Å². The normalized spacial score (nSPS) is 13.4. The molecule has 1 aromatic heterocycles. The largest absolute Gasteiger partial charge is 0.386 e. The van der Waals surface area contributed by atoms with Crippen LogP contribution in [0, 0.1) is 2.88 Å². The summed E-state index contributed by atoms with van der Waals surface area (Å²) in [4.78, 5) is 0. The van der Waals surface area contributed by atoms with Crippen molar-refractivity contribution < 1.29 is 9.84 Å². The zero-order chi connectivity index (χ0) is 8.27. The lowest BCUT2D eigenvalue weighted by Gasteiger charge is -2.05. The minimum absolute atomic E-state index is 0.368. The van der Waals surface area contributed by atoms with Gasteiger partial charge in [-0.25, -0.2) is 0 Å². The van der Waals surface area contributed by atoms with Crippen LogP contribution in [0.4, 0.5) is 0 Å². The molecule has 1 N–H and O–H groups in total. The zero-order valence-electron chi connectivity index (χ0n) is 6.08. The number of rotatable bonds is 3. The minimum Gasteiger partial charge on any atom is -0.386 e. The van der Waals surface area contributed by atoms with Gasteiger partial charge in [-0.3, -0.25) is 0 Å². The molecule has 0 amide bonds. The van der Waals surface area contributed by atoms with Crippen LogP contribution in [-0.4, -0.2) is 18.8 Å². The molecule has 2 nitrogen and oxygen atoms in total. The molecule has 62 valence electrons. The first-order chi connectivity index (χ1) is 5.24. The van der Waals surface area contributed by atoms with E-state index in [0.29, 0.717) is 6.61 Å². The quantitative estimate of drug-likeness (QED) is 0.861. The van der Waals surface area contributed by atoms with Crippen LogP contribution in [0.5, 0.6) is 0 Å². The number of hydrogen-bond acceptors (Lipinski definition) is 3. The molecule has 4 heteroatoms. The van der Waals surface area contributed by atoms with E-state index < -0.39 is 6.10 Å². The summed E-state index contributed by atoms with van der Waals surface area (Å²) in [6, 6.07) is 1.97. The van der Waals surface area contributed by atoms with E-state index in [9.17, 15) is 5.11 Å². The number of ether oxygens (including phenoxy) is 1. The van der Waals surface area contributed by atoms with Crippen molar-refractivity contribution >= 4 is 33.9 Å². The summed E-state index contributed by atoms with van der Waals surface area (Å²) >= 11 is 3.86. The van der Waals surface area contributed by atoms with Crippen LogP contribution in [0.1, 0.15) is 11.7 Å². The average Bonchev–Trinajstić information content (AvgIpc) is 2.36. The predicted octanol–water partition coefficient (Wildman–Crippen LogP) is 2.03. The Morgan fingerprint density at radius 1 is 1.82 bits per heavy atom. The molecule has 1 unspecified atom stereocenters. The van der Waals surface area contributed by atoms with E-state index in [2.05, 4.69) is 22.6 Å². The maximum atomic E-state index is 9.41. The molecule has 0 fully saturated rings. The lowest BCUT2D eigenvalue weighted by Crippen LogP contribution is -2.03. The molecule has 0 radical (unpaired) electrons. The van der Waals surface area contributed by atoms with E-state index in [-0.39, 0.29) is 0 Å². The molecule has 1 aromatic rings. The van der Waals surface area contributed by atoms with Gasteiger partial charge in [0.2, 0.25) is 0 Å². The van der Waals surface area contributed by atoms with Gasteiger partial charge >= 0.3 is 0 Å². The van der Waals surface area contributed by atoms with Crippen molar-refractivity contribution in [3.8, 4) is 0 Å². The van der Waals surface area contributed by atoms with Crippen molar-refractivity contribution in [1.82, 2.24) is 0 Å². The molecular formula is C7H9IO2S. The highest BCUT2D eigenvalue weighted by molar-refractivity contribution is 14.1. The molecule has 1 rings (SSSR count). The third-order valence-corrected chi connectivity index (χ3v) is 3.10. The Bertz CT molecular complexity index is 224. The van der Waals surface area contributed by atoms with E-state index in [0.717, 1.165) is 5.56 Å². The summed E-state index contributed by atoms with van der Waals surface area (Å²) < 4.78 is 6.01. The third-order valence-electron chi connectivity index (χ3n) is 1.30. The maximum Gasteiger partial charge on any atom is 0.103 e. The first-order valence-corrected chi connectivity index (χ1v) is 5.11. The second-order valence-electron chi connectivity index (χ2n) is 2.16. The molecule has 0 aromatic carbocycles. The van der Waals surface area contributed by atoms with Gasteiger partial charge in [0.05, 0.1) is 9.49 Å². The molecule has 0 saturated carbocycles. The van der Waals surface area contributed by atoms with Gasteiger partial charge in [-0.15, -0.1) is 11.3 Å². The van der Waals surface area contributed by atoms with Gasteiger partial charge in [-0.2, -0.15) is 0 Å². The molecule has 0 saturated heterocycles. The Morgan fingerprint density at radius 2 is 2.55 bits per heavy atom. The summed E-state index contributed by atoms with van der Waals surface area (Å²) in [5, 5.41) is 11.4. The average molecular weight is 284 g/mol. The van der Waals surface area contributed by atoms with Crippen LogP contribution in [0.2, 0.25) is 0 Å². The van der Waals surface area contributed by atoms with Gasteiger partial charge in [-0.05, 0) is 39.6 Å². The highest BCUT2D eigenvalue weighted by Crippen LogP contribution is 2.22. The molecular weight excluding hydrogens is 275 g/mol. The highest BCUT2D eigenvalue weighted by atomic mass is 127. The van der Waals surface area contributed by atoms with Gasteiger partial charge in [-0.1, -0.05) is 0 Å². The second-order valence-corrected chi connectivity index (χ2v) is 4.96. The number of aliphatic hydroxyl groups excluding tert-OH is 1. The van der Waals surface area contributed by atoms with Crippen molar-refractivity contribution in [2.24, 2.45) is 0 Å². The number of aliphatic hydroxyl groups is 1. The molecule has 0 bridgehead atoms. The second kappa shape index (κ2) is 4.39. The summed E-state index contributed by atoms with van der Waals surface area (Å²) in [6.07, 6.45) is -0.472. The summed E-state index contributed by atoms with van der Waals surface area (Å²) in [5.74, 6) is 0. The fourth-order valence-electron chi connectivity index (χ4n) is 0.752. The lowest BCUT2D eigenvalue weighted by atomic mass is 10.2. The SMILES string of the molecule is COCC(O)c1csc(I)c1. The fourth-order valence-corrected chi connectivity index (χ4v) is 2.17.